The maximum atomic E-state index is 11.8. The maximum Gasteiger partial charge on any atom is 0.310 e. The molecule has 0 saturated heterocycles. The van der Waals surface area contributed by atoms with Crippen molar-refractivity contribution in [2.75, 3.05) is 6.61 Å². The fraction of sp³-hybridized carbons (Fsp3) is 0.300. The molecule has 0 heterocycles. The molecule has 0 atom stereocenters. The molecule has 0 fully saturated rings. The monoisotopic (exact) mass is 393 g/mol. The molecule has 0 N–H and O–H groups in total. The highest BCUT2D eigenvalue weighted by atomic mass is 35.5. The van der Waals surface area contributed by atoms with Crippen LogP contribution in [0.5, 0.6) is 0 Å². The summed E-state index contributed by atoms with van der Waals surface area (Å²) < 4.78 is 5.04. The van der Waals surface area contributed by atoms with E-state index in [1.165, 1.54) is 0 Å². The van der Waals surface area contributed by atoms with Gasteiger partial charge in [0, 0.05) is 15.6 Å². The third-order valence-electron chi connectivity index (χ3n) is 3.68. The molecular formula is C20H21Cl2NO3. The fourth-order valence-corrected chi connectivity index (χ4v) is 2.71. The molecule has 138 valence electrons. The van der Waals surface area contributed by atoms with Crippen LogP contribution in [0.1, 0.15) is 37.0 Å². The summed E-state index contributed by atoms with van der Waals surface area (Å²) in [6, 6.07) is 12.7. The number of halogens is 2. The summed E-state index contributed by atoms with van der Waals surface area (Å²) in [5, 5.41) is 5.51. The van der Waals surface area contributed by atoms with Gasteiger partial charge in [-0.25, -0.2) is 0 Å². The van der Waals surface area contributed by atoms with Crippen molar-refractivity contribution in [1.82, 2.24) is 0 Å². The van der Waals surface area contributed by atoms with Crippen molar-refractivity contribution in [1.29, 1.82) is 0 Å². The Morgan fingerprint density at radius 2 is 1.73 bits per heavy atom. The third kappa shape index (κ3) is 6.04. The SMILES string of the molecule is CCOC(=O)Cc1ccc(Cl)cc1/C(CC)=N/OCc1ccc(Cl)cc1. The van der Waals surface area contributed by atoms with Gasteiger partial charge in [-0.2, -0.15) is 0 Å². The van der Waals surface area contributed by atoms with Crippen LogP contribution in [0.3, 0.4) is 0 Å². The Bertz CT molecular complexity index is 773. The van der Waals surface area contributed by atoms with Crippen molar-refractivity contribution in [3.8, 4) is 0 Å². The van der Waals surface area contributed by atoms with Gasteiger partial charge < -0.3 is 9.57 Å². The van der Waals surface area contributed by atoms with Gasteiger partial charge in [0.1, 0.15) is 6.61 Å². The molecule has 0 aliphatic rings. The van der Waals surface area contributed by atoms with Crippen LogP contribution in [-0.4, -0.2) is 18.3 Å². The topological polar surface area (TPSA) is 47.9 Å². The van der Waals surface area contributed by atoms with Gasteiger partial charge in [-0.3, -0.25) is 4.79 Å². The second kappa shape index (κ2) is 10.2. The number of rotatable bonds is 8. The van der Waals surface area contributed by atoms with Crippen molar-refractivity contribution in [2.24, 2.45) is 5.16 Å². The standard InChI is InChI=1S/C20H21Cl2NO3/c1-3-19(23-26-13-14-5-8-16(21)9-6-14)18-12-17(22)10-7-15(18)11-20(24)25-4-2/h5-10,12H,3-4,11,13H2,1-2H3/b23-19+. The number of benzene rings is 2. The largest absolute Gasteiger partial charge is 0.466 e. The predicted molar refractivity (Wildman–Crippen MR) is 105 cm³/mol. The molecule has 0 saturated carbocycles. The van der Waals surface area contributed by atoms with Gasteiger partial charge in [-0.05, 0) is 48.7 Å². The summed E-state index contributed by atoms with van der Waals surface area (Å²) in [4.78, 5) is 17.3. The maximum absolute atomic E-state index is 11.8. The van der Waals surface area contributed by atoms with E-state index in [0.717, 1.165) is 22.4 Å². The van der Waals surface area contributed by atoms with Gasteiger partial charge in [-0.1, -0.05) is 53.5 Å². The number of carbonyl (C=O) groups is 1. The van der Waals surface area contributed by atoms with Gasteiger partial charge in [0.2, 0.25) is 0 Å². The number of oxime groups is 1. The van der Waals surface area contributed by atoms with Crippen molar-refractivity contribution < 1.29 is 14.4 Å². The minimum absolute atomic E-state index is 0.163. The molecule has 6 heteroatoms. The van der Waals surface area contributed by atoms with E-state index in [-0.39, 0.29) is 12.4 Å². The summed E-state index contributed by atoms with van der Waals surface area (Å²) in [5.74, 6) is -0.284. The zero-order chi connectivity index (χ0) is 18.9. The van der Waals surface area contributed by atoms with Crippen LogP contribution >= 0.6 is 23.2 Å². The molecule has 0 spiro atoms. The second-order valence-electron chi connectivity index (χ2n) is 5.57. The van der Waals surface area contributed by atoms with Crippen LogP contribution in [0.4, 0.5) is 0 Å². The normalized spacial score (nSPS) is 11.3. The molecule has 4 nitrogen and oxygen atoms in total. The zero-order valence-electron chi connectivity index (χ0n) is 14.8. The van der Waals surface area contributed by atoms with E-state index in [1.54, 1.807) is 31.2 Å². The van der Waals surface area contributed by atoms with Crippen LogP contribution < -0.4 is 0 Å². The lowest BCUT2D eigenvalue weighted by Crippen LogP contribution is -2.12. The third-order valence-corrected chi connectivity index (χ3v) is 4.16. The van der Waals surface area contributed by atoms with E-state index in [1.807, 2.05) is 25.1 Å². The first kappa shape index (κ1) is 20.3. The molecule has 0 aliphatic heterocycles. The van der Waals surface area contributed by atoms with Gasteiger partial charge >= 0.3 is 5.97 Å². The Balaban J connectivity index is 2.17. The first-order chi connectivity index (χ1) is 12.5. The average Bonchev–Trinajstić information content (AvgIpc) is 2.62. The van der Waals surface area contributed by atoms with Crippen LogP contribution in [-0.2, 0) is 27.4 Å². The first-order valence-corrected chi connectivity index (χ1v) is 9.16. The van der Waals surface area contributed by atoms with E-state index in [2.05, 4.69) is 5.16 Å². The summed E-state index contributed by atoms with van der Waals surface area (Å²) in [5.41, 5.74) is 3.29. The van der Waals surface area contributed by atoms with E-state index >= 15 is 0 Å². The lowest BCUT2D eigenvalue weighted by molar-refractivity contribution is -0.142. The molecule has 2 aromatic carbocycles. The van der Waals surface area contributed by atoms with Crippen molar-refractivity contribution in [2.45, 2.75) is 33.3 Å². The summed E-state index contributed by atoms with van der Waals surface area (Å²) in [7, 11) is 0. The number of ether oxygens (including phenoxy) is 1. The number of hydrogen-bond donors (Lipinski definition) is 0. The molecule has 0 radical (unpaired) electrons. The Morgan fingerprint density at radius 1 is 1.04 bits per heavy atom. The Hall–Kier alpha value is -2.04. The molecule has 0 aliphatic carbocycles. The van der Waals surface area contributed by atoms with Gasteiger partial charge in [-0.15, -0.1) is 0 Å². The van der Waals surface area contributed by atoms with Gasteiger partial charge in [0.05, 0.1) is 18.7 Å². The second-order valence-corrected chi connectivity index (χ2v) is 6.45. The van der Waals surface area contributed by atoms with Gasteiger partial charge in [0.25, 0.3) is 0 Å². The molecule has 2 aromatic rings. The first-order valence-electron chi connectivity index (χ1n) is 8.41. The highest BCUT2D eigenvalue weighted by Crippen LogP contribution is 2.20. The van der Waals surface area contributed by atoms with E-state index in [0.29, 0.717) is 29.7 Å². The van der Waals surface area contributed by atoms with E-state index in [4.69, 9.17) is 32.8 Å². The highest BCUT2D eigenvalue weighted by molar-refractivity contribution is 6.31. The minimum Gasteiger partial charge on any atom is -0.466 e. The van der Waals surface area contributed by atoms with Crippen molar-refractivity contribution in [3.05, 3.63) is 69.2 Å². The summed E-state index contributed by atoms with van der Waals surface area (Å²) in [6.07, 6.45) is 0.799. The Morgan fingerprint density at radius 3 is 2.38 bits per heavy atom. The van der Waals surface area contributed by atoms with Crippen LogP contribution in [0.2, 0.25) is 10.0 Å². The fourth-order valence-electron chi connectivity index (χ4n) is 2.41. The minimum atomic E-state index is -0.284. The van der Waals surface area contributed by atoms with E-state index < -0.39 is 0 Å². The van der Waals surface area contributed by atoms with Gasteiger partial charge in [0.15, 0.2) is 0 Å². The lowest BCUT2D eigenvalue weighted by atomic mass is 9.99. The zero-order valence-corrected chi connectivity index (χ0v) is 16.3. The lowest BCUT2D eigenvalue weighted by Gasteiger charge is -2.11. The van der Waals surface area contributed by atoms with Crippen molar-refractivity contribution in [3.63, 3.8) is 0 Å². The quantitative estimate of drug-likeness (QED) is 0.341. The van der Waals surface area contributed by atoms with E-state index in [9.17, 15) is 4.79 Å². The number of nitrogens with zero attached hydrogens (tertiary/aromatic N) is 1. The number of hydrogen-bond acceptors (Lipinski definition) is 4. The molecule has 0 bridgehead atoms. The number of esters is 1. The summed E-state index contributed by atoms with van der Waals surface area (Å²) >= 11 is 12.0. The smallest absolute Gasteiger partial charge is 0.310 e. The predicted octanol–water partition coefficient (Wildman–Crippen LogP) is 5.43. The Kier molecular flexibility index (Phi) is 7.95. The Labute approximate surface area is 163 Å². The van der Waals surface area contributed by atoms with Crippen LogP contribution in [0.15, 0.2) is 47.6 Å². The molecular weight excluding hydrogens is 373 g/mol. The molecule has 0 aromatic heterocycles. The summed E-state index contributed by atoms with van der Waals surface area (Å²) in [6.45, 7) is 4.43. The molecule has 2 rings (SSSR count). The van der Waals surface area contributed by atoms with Crippen molar-refractivity contribution >= 4 is 34.9 Å². The average molecular weight is 394 g/mol. The number of carbonyl (C=O) groups excluding carboxylic acids is 1. The van der Waals surface area contributed by atoms with Crippen LogP contribution in [0, 0.1) is 0 Å². The molecule has 0 amide bonds. The molecule has 0 unspecified atom stereocenters. The molecule has 26 heavy (non-hydrogen) atoms. The van der Waals surface area contributed by atoms with Crippen LogP contribution in [0.25, 0.3) is 0 Å². The highest BCUT2D eigenvalue weighted by Gasteiger charge is 2.14.